The highest BCUT2D eigenvalue weighted by atomic mass is 19.1. The molecule has 0 bridgehead atoms. The van der Waals surface area contributed by atoms with Crippen LogP contribution in [-0.2, 0) is 4.79 Å². The van der Waals surface area contributed by atoms with Gasteiger partial charge in [-0.25, -0.2) is 9.18 Å². The van der Waals surface area contributed by atoms with Gasteiger partial charge in [0.25, 0.3) is 0 Å². The Morgan fingerprint density at radius 1 is 1.15 bits per heavy atom. The summed E-state index contributed by atoms with van der Waals surface area (Å²) in [6.07, 6.45) is 0. The van der Waals surface area contributed by atoms with Crippen molar-refractivity contribution in [2.45, 2.75) is 13.0 Å². The van der Waals surface area contributed by atoms with Crippen molar-refractivity contribution in [2.75, 3.05) is 11.4 Å². The zero-order valence-electron chi connectivity index (χ0n) is 11.2. The first-order valence-corrected chi connectivity index (χ1v) is 6.43. The van der Waals surface area contributed by atoms with Gasteiger partial charge in [0, 0.05) is 12.2 Å². The highest BCUT2D eigenvalue weighted by Crippen LogP contribution is 2.27. The quantitative estimate of drug-likeness (QED) is 0.906. The van der Waals surface area contributed by atoms with E-state index in [0.717, 1.165) is 5.69 Å². The Labute approximate surface area is 117 Å². The monoisotopic (exact) mass is 273 g/mol. The summed E-state index contributed by atoms with van der Waals surface area (Å²) in [5.74, 6) is -1.33. The average molecular weight is 273 g/mol. The third-order valence-electron chi connectivity index (χ3n) is 3.16. The van der Waals surface area contributed by atoms with Gasteiger partial charge in [-0.2, -0.15) is 0 Å². The number of aliphatic carboxylic acids is 1. The number of likely N-dealkylation sites (N-methyl/N-ethyl adjacent to an activating group) is 1. The molecule has 0 saturated carbocycles. The highest BCUT2D eigenvalue weighted by molar-refractivity contribution is 5.80. The van der Waals surface area contributed by atoms with Crippen molar-refractivity contribution >= 4 is 11.7 Å². The zero-order chi connectivity index (χ0) is 14.5. The largest absolute Gasteiger partial charge is 0.479 e. The molecule has 1 atom stereocenters. The Hall–Kier alpha value is -2.36. The average Bonchev–Trinajstić information content (AvgIpc) is 2.46. The zero-order valence-corrected chi connectivity index (χ0v) is 11.2. The molecular weight excluding hydrogens is 257 g/mol. The molecule has 2 aromatic rings. The molecule has 0 aliphatic heterocycles. The molecule has 0 spiro atoms. The van der Waals surface area contributed by atoms with Crippen LogP contribution in [0.25, 0.3) is 0 Å². The van der Waals surface area contributed by atoms with Gasteiger partial charge in [-0.3, -0.25) is 0 Å². The molecule has 0 amide bonds. The third-order valence-corrected chi connectivity index (χ3v) is 3.16. The first-order valence-electron chi connectivity index (χ1n) is 6.43. The summed E-state index contributed by atoms with van der Waals surface area (Å²) < 4.78 is 13.0. The van der Waals surface area contributed by atoms with Gasteiger partial charge in [0.05, 0.1) is 0 Å². The molecule has 0 aliphatic carbocycles. The maximum absolute atomic E-state index is 13.0. The standard InChI is InChI=1S/C16H16FNO2/c1-2-18(14-6-4-3-5-7-14)15(16(19)20)12-8-10-13(17)11-9-12/h3-11,15H,2H2,1H3,(H,19,20). The van der Waals surface area contributed by atoms with Crippen molar-refractivity contribution in [2.24, 2.45) is 0 Å². The number of benzene rings is 2. The Balaban J connectivity index is 2.41. The van der Waals surface area contributed by atoms with E-state index in [1.165, 1.54) is 24.3 Å². The van der Waals surface area contributed by atoms with E-state index < -0.39 is 12.0 Å². The SMILES string of the molecule is CCN(c1ccccc1)C(C(=O)O)c1ccc(F)cc1. The van der Waals surface area contributed by atoms with Gasteiger partial charge in [-0.1, -0.05) is 30.3 Å². The lowest BCUT2D eigenvalue weighted by molar-refractivity contribution is -0.138. The fourth-order valence-electron chi connectivity index (χ4n) is 2.23. The second-order valence-corrected chi connectivity index (χ2v) is 4.41. The van der Waals surface area contributed by atoms with Gasteiger partial charge >= 0.3 is 5.97 Å². The maximum Gasteiger partial charge on any atom is 0.331 e. The topological polar surface area (TPSA) is 40.5 Å². The van der Waals surface area contributed by atoms with Crippen molar-refractivity contribution < 1.29 is 14.3 Å². The molecule has 104 valence electrons. The molecule has 2 aromatic carbocycles. The van der Waals surface area contributed by atoms with Crippen LogP contribution in [0, 0.1) is 5.82 Å². The van der Waals surface area contributed by atoms with Crippen LogP contribution in [0.5, 0.6) is 0 Å². The van der Waals surface area contributed by atoms with Crippen molar-refractivity contribution in [3.8, 4) is 0 Å². The molecule has 1 N–H and O–H groups in total. The molecule has 0 radical (unpaired) electrons. The molecule has 4 heteroatoms. The lowest BCUT2D eigenvalue weighted by atomic mass is 10.0. The smallest absolute Gasteiger partial charge is 0.331 e. The Kier molecular flexibility index (Phi) is 4.35. The molecule has 3 nitrogen and oxygen atoms in total. The first kappa shape index (κ1) is 14.1. The predicted octanol–water partition coefficient (Wildman–Crippen LogP) is 3.48. The molecule has 20 heavy (non-hydrogen) atoms. The van der Waals surface area contributed by atoms with Gasteiger partial charge < -0.3 is 10.0 Å². The summed E-state index contributed by atoms with van der Waals surface area (Å²) in [7, 11) is 0. The molecule has 0 aliphatic rings. The molecule has 1 unspecified atom stereocenters. The van der Waals surface area contributed by atoms with E-state index in [4.69, 9.17) is 0 Å². The van der Waals surface area contributed by atoms with E-state index in [2.05, 4.69) is 0 Å². The Morgan fingerprint density at radius 2 is 1.75 bits per heavy atom. The van der Waals surface area contributed by atoms with Crippen LogP contribution < -0.4 is 4.90 Å². The number of rotatable bonds is 5. The van der Waals surface area contributed by atoms with Crippen LogP contribution in [0.15, 0.2) is 54.6 Å². The summed E-state index contributed by atoms with van der Waals surface area (Å²) in [4.78, 5) is 13.4. The van der Waals surface area contributed by atoms with Crippen LogP contribution in [-0.4, -0.2) is 17.6 Å². The summed E-state index contributed by atoms with van der Waals surface area (Å²) in [5.41, 5.74) is 1.39. The minimum atomic E-state index is -0.956. The number of carboxylic acid groups (broad SMARTS) is 1. The second-order valence-electron chi connectivity index (χ2n) is 4.41. The van der Waals surface area contributed by atoms with Gasteiger partial charge in [0.15, 0.2) is 6.04 Å². The number of halogens is 1. The van der Waals surface area contributed by atoms with Gasteiger partial charge in [0.2, 0.25) is 0 Å². The van der Waals surface area contributed by atoms with Gasteiger partial charge in [0.1, 0.15) is 5.82 Å². The molecular formula is C16H16FNO2. The van der Waals surface area contributed by atoms with Crippen molar-refractivity contribution in [3.63, 3.8) is 0 Å². The molecule has 0 aromatic heterocycles. The predicted molar refractivity (Wildman–Crippen MR) is 76.2 cm³/mol. The van der Waals surface area contributed by atoms with Crippen molar-refractivity contribution in [1.29, 1.82) is 0 Å². The third kappa shape index (κ3) is 2.96. The summed E-state index contributed by atoms with van der Waals surface area (Å²) in [6, 6.07) is 14.1. The van der Waals surface area contributed by atoms with Gasteiger partial charge in [-0.15, -0.1) is 0 Å². The van der Waals surface area contributed by atoms with E-state index in [9.17, 15) is 14.3 Å². The minimum absolute atomic E-state index is 0.374. The van der Waals surface area contributed by atoms with Crippen LogP contribution >= 0.6 is 0 Å². The van der Waals surface area contributed by atoms with E-state index >= 15 is 0 Å². The van der Waals surface area contributed by atoms with E-state index in [-0.39, 0.29) is 5.82 Å². The fourth-order valence-corrected chi connectivity index (χ4v) is 2.23. The number of carboxylic acids is 1. The second kappa shape index (κ2) is 6.19. The number of nitrogens with zero attached hydrogens (tertiary/aromatic N) is 1. The summed E-state index contributed by atoms with van der Waals surface area (Å²) in [6.45, 7) is 2.44. The number of hydrogen-bond acceptors (Lipinski definition) is 2. The summed E-state index contributed by atoms with van der Waals surface area (Å²) in [5, 5.41) is 9.52. The van der Waals surface area contributed by atoms with E-state index in [1.54, 1.807) is 4.90 Å². The van der Waals surface area contributed by atoms with Crippen LogP contribution in [0.1, 0.15) is 18.5 Å². The van der Waals surface area contributed by atoms with Gasteiger partial charge in [-0.05, 0) is 36.8 Å². The van der Waals surface area contributed by atoms with Crippen LogP contribution in [0.3, 0.4) is 0 Å². The maximum atomic E-state index is 13.0. The number of para-hydroxylation sites is 1. The lowest BCUT2D eigenvalue weighted by Crippen LogP contribution is -2.34. The molecule has 0 heterocycles. The molecule has 0 saturated heterocycles. The molecule has 0 fully saturated rings. The van der Waals surface area contributed by atoms with Crippen LogP contribution in [0.2, 0.25) is 0 Å². The lowest BCUT2D eigenvalue weighted by Gasteiger charge is -2.30. The minimum Gasteiger partial charge on any atom is -0.479 e. The number of hydrogen-bond donors (Lipinski definition) is 1. The first-order chi connectivity index (χ1) is 9.63. The van der Waals surface area contributed by atoms with E-state index in [0.29, 0.717) is 12.1 Å². The van der Waals surface area contributed by atoms with E-state index in [1.807, 2.05) is 37.3 Å². The van der Waals surface area contributed by atoms with Crippen LogP contribution in [0.4, 0.5) is 10.1 Å². The number of anilines is 1. The number of carbonyl (C=O) groups is 1. The Morgan fingerprint density at radius 3 is 2.25 bits per heavy atom. The molecule has 2 rings (SSSR count). The van der Waals surface area contributed by atoms with Crippen molar-refractivity contribution in [3.05, 3.63) is 66.0 Å². The van der Waals surface area contributed by atoms with Crippen molar-refractivity contribution in [1.82, 2.24) is 0 Å². The normalized spacial score (nSPS) is 11.9. The fraction of sp³-hybridized carbons (Fsp3) is 0.188. The highest BCUT2D eigenvalue weighted by Gasteiger charge is 2.26. The Bertz CT molecular complexity index is 569. The summed E-state index contributed by atoms with van der Waals surface area (Å²) >= 11 is 0.